The van der Waals surface area contributed by atoms with Gasteiger partial charge in [0, 0.05) is 97.0 Å². The number of hydrogen-bond donors (Lipinski definition) is 4. The number of carbonyl (C=O) groups is 5. The molecule has 0 radical (unpaired) electrons. The number of carboxylic acids is 3. The number of benzene rings is 3. The van der Waals surface area contributed by atoms with Gasteiger partial charge in [0.05, 0.1) is 30.2 Å². The number of aliphatic carboxylic acids is 3. The van der Waals surface area contributed by atoms with Crippen LogP contribution in [0.1, 0.15) is 199 Å². The molecule has 10 rings (SSSR count). The van der Waals surface area contributed by atoms with Gasteiger partial charge in [-0.1, -0.05) is 26.3 Å². The van der Waals surface area contributed by atoms with E-state index in [0.717, 1.165) is 17.8 Å². The van der Waals surface area contributed by atoms with Crippen LogP contribution in [0.5, 0.6) is 5.75 Å². The largest absolute Gasteiger partial charge is 1.00 e. The van der Waals surface area contributed by atoms with Crippen molar-refractivity contribution in [3.8, 4) is 5.75 Å². The fourth-order valence-corrected chi connectivity index (χ4v) is 19.5. The van der Waals surface area contributed by atoms with Crippen LogP contribution in [0.2, 0.25) is 0 Å². The Bertz CT molecular complexity index is 4270. The molecular formula is C71H88N4Na4O21S4. The normalized spacial score (nSPS) is 23.0. The maximum Gasteiger partial charge on any atom is 1.00 e. The molecule has 2 aliphatic heterocycles. The molecule has 4 fully saturated rings. The Morgan fingerprint density at radius 3 is 1.65 bits per heavy atom. The summed E-state index contributed by atoms with van der Waals surface area (Å²) in [5, 5.41) is 37.5. The van der Waals surface area contributed by atoms with Gasteiger partial charge in [0.2, 0.25) is 17.5 Å². The molecule has 2 heterocycles. The van der Waals surface area contributed by atoms with E-state index in [1.54, 1.807) is 6.07 Å². The van der Waals surface area contributed by atoms with Crippen LogP contribution < -0.4 is 144 Å². The smallest absolute Gasteiger partial charge is 0.748 e. The van der Waals surface area contributed by atoms with E-state index >= 15 is 0 Å². The van der Waals surface area contributed by atoms with Crippen LogP contribution in [0.3, 0.4) is 0 Å². The van der Waals surface area contributed by atoms with E-state index in [1.165, 1.54) is 42.5 Å². The standard InChI is InChI=1S/C71H92N4O21S4.4Na/c1-66(2)54-40-52(99(90,91)92)24-26-56(54)74(37-10-6-8-16-60(76)72-36-9-5-7-17-61(77)73-71-45-68(33-30-62(78)79)42-69(46-71,34-31-63(80)81)44-70(43-68,47-71)35-32-64(82)83)58(66)28-18-48-14-13-15-49(65(48)96-50-20-22-51(23-21-50)98(87,88)89)19-29-59-67(3,4)55-41-53(100(93,94)95)25-27-57(55)75(59)38-11-12-39-97(84,85)86;;;;/h18-29,40-41H,5-17,30-39,42-47H2,1-4H3,(H8-,72,73,76,77,78,79,80,81,82,83,84,85,86,87,88,89,90,91,92,93,94,95);;;;/q;4*+1/p-4. The SMILES string of the molecule is CC1(C)C(/C=C/C2=C(Oc3ccc(S(=O)(=O)[O-])cc3)C(=C/C=C3/N(CCCCS(=O)(=O)[O-])c4ccc(S(=O)(=O)[O-])cc4C3(C)C)/CCC2)=[N+](CCCCCC(=O)NCCCCCC(=O)NC23CC4(CCC(=O)[O-])CC(CCC(=O)O)(CC(CCC(=O)O)(C4)C2)C3)c2ccc(S(=O)(=O)[O-])cc21.[Na+].[Na+].[Na+].[Na+]. The third kappa shape index (κ3) is 23.0. The van der Waals surface area contributed by atoms with E-state index in [1.807, 2.05) is 61.5 Å². The summed E-state index contributed by atoms with van der Waals surface area (Å²) < 4.78 is 153. The number of hydrogen-bond acceptors (Lipinski definition) is 20. The van der Waals surface area contributed by atoms with Crippen LogP contribution in [0.4, 0.5) is 11.4 Å². The Hall–Kier alpha value is -3.12. The molecule has 25 nitrogen and oxygen atoms in total. The van der Waals surface area contributed by atoms with Crippen molar-refractivity contribution in [2.24, 2.45) is 16.2 Å². The first-order valence-corrected chi connectivity index (χ1v) is 39.8. The van der Waals surface area contributed by atoms with Crippen LogP contribution in [-0.4, -0.2) is 133 Å². The van der Waals surface area contributed by atoms with Crippen molar-refractivity contribution in [2.45, 2.75) is 219 Å². The van der Waals surface area contributed by atoms with Gasteiger partial charge in [-0.3, -0.25) is 19.2 Å². The molecule has 7 aliphatic rings. The third-order valence-corrected chi connectivity index (χ3v) is 24.4. The van der Waals surface area contributed by atoms with Crippen molar-refractivity contribution < 1.29 is 219 Å². The van der Waals surface area contributed by atoms with Gasteiger partial charge in [0.25, 0.3) is 0 Å². The van der Waals surface area contributed by atoms with Crippen molar-refractivity contribution in [3.63, 3.8) is 0 Å². The zero-order valence-corrected chi connectivity index (χ0v) is 72.0. The van der Waals surface area contributed by atoms with Crippen LogP contribution in [0.25, 0.3) is 0 Å². The number of allylic oxidation sites excluding steroid dienone is 7. The van der Waals surface area contributed by atoms with Crippen LogP contribution in [0.15, 0.2) is 122 Å². The van der Waals surface area contributed by atoms with Gasteiger partial charge in [-0.05, 0) is 236 Å². The van der Waals surface area contributed by atoms with Gasteiger partial charge in [0.15, 0.2) is 5.71 Å². The second-order valence-electron chi connectivity index (χ2n) is 29.5. The molecule has 2 amide bonds. The monoisotopic (exact) mass is 1550 g/mol. The fourth-order valence-electron chi connectivity index (χ4n) is 17.5. The average Bonchev–Trinajstić information content (AvgIpc) is 0.984. The molecule has 0 spiro atoms. The van der Waals surface area contributed by atoms with Gasteiger partial charge in [0.1, 0.15) is 48.4 Å². The summed E-state index contributed by atoms with van der Waals surface area (Å²) >= 11 is 0. The van der Waals surface area contributed by atoms with E-state index in [-0.39, 0.29) is 187 Å². The van der Waals surface area contributed by atoms with Gasteiger partial charge in [-0.25, -0.2) is 33.7 Å². The number of rotatable bonds is 35. The van der Waals surface area contributed by atoms with Crippen molar-refractivity contribution in [2.75, 3.05) is 30.3 Å². The average molecular weight is 1550 g/mol. The van der Waals surface area contributed by atoms with Crippen molar-refractivity contribution in [3.05, 3.63) is 119 Å². The number of carbonyl (C=O) groups excluding carboxylic acids is 3. The van der Waals surface area contributed by atoms with E-state index < -0.39 is 111 Å². The number of nitrogens with one attached hydrogen (secondary N) is 2. The molecule has 0 saturated heterocycles. The summed E-state index contributed by atoms with van der Waals surface area (Å²) in [7, 11) is -19.1. The molecule has 3 aromatic carbocycles. The quantitative estimate of drug-likeness (QED) is 0.0192. The molecule has 4 N–H and O–H groups in total. The molecule has 104 heavy (non-hydrogen) atoms. The number of ether oxygens (including phenoxy) is 1. The number of fused-ring (bicyclic) bond motifs is 2. The minimum Gasteiger partial charge on any atom is -0.748 e. The first kappa shape index (κ1) is 91.5. The van der Waals surface area contributed by atoms with Crippen molar-refractivity contribution >= 4 is 87.3 Å². The maximum absolute atomic E-state index is 13.8. The van der Waals surface area contributed by atoms with E-state index in [2.05, 4.69) is 10.6 Å². The zero-order valence-electron chi connectivity index (χ0n) is 60.8. The predicted octanol–water partition coefficient (Wildman–Crippen LogP) is -3.51. The summed E-state index contributed by atoms with van der Waals surface area (Å²) in [6.45, 7) is 8.48. The molecule has 3 aromatic rings. The van der Waals surface area contributed by atoms with Gasteiger partial charge in [-0.15, -0.1) is 0 Å². The minimum atomic E-state index is -4.87. The fraction of sp³-hybridized carbons (Fsp3) is 0.549. The second kappa shape index (κ2) is 36.8. The second-order valence-corrected chi connectivity index (χ2v) is 35.2. The Labute approximate surface area is 699 Å². The molecule has 5 aliphatic carbocycles. The Morgan fingerprint density at radius 2 is 1.11 bits per heavy atom. The van der Waals surface area contributed by atoms with Crippen molar-refractivity contribution in [1.29, 1.82) is 0 Å². The summed E-state index contributed by atoms with van der Waals surface area (Å²) in [6, 6.07) is 13.2. The number of nitrogens with zero attached hydrogens (tertiary/aromatic N) is 2. The first-order chi connectivity index (χ1) is 46.7. The van der Waals surface area contributed by atoms with Crippen molar-refractivity contribution in [1.82, 2.24) is 10.6 Å². The molecule has 2 atom stereocenters. The first-order valence-electron chi connectivity index (χ1n) is 34.0. The van der Waals surface area contributed by atoms with E-state index in [0.29, 0.717) is 174 Å². The van der Waals surface area contributed by atoms with Gasteiger partial charge < -0.3 is 58.6 Å². The molecule has 2 unspecified atom stereocenters. The third-order valence-electron chi connectivity index (χ3n) is 21.1. The number of amides is 2. The zero-order chi connectivity index (χ0) is 73.1. The molecule has 4 saturated carbocycles. The van der Waals surface area contributed by atoms with E-state index in [9.17, 15) is 91.2 Å². The van der Waals surface area contributed by atoms with Gasteiger partial charge in [-0.2, -0.15) is 4.58 Å². The molecule has 546 valence electrons. The Morgan fingerprint density at radius 1 is 0.577 bits per heavy atom. The number of unbranched alkanes of at least 4 members (excludes halogenated alkanes) is 5. The van der Waals surface area contributed by atoms with Crippen LogP contribution in [0, 0.1) is 16.2 Å². The minimum absolute atomic E-state index is 0. The Kier molecular flexibility index (Phi) is 32.4. The number of anilines is 1. The summed E-state index contributed by atoms with van der Waals surface area (Å²) in [5.74, 6) is -3.49. The van der Waals surface area contributed by atoms with Crippen LogP contribution in [-0.2, 0) is 75.3 Å². The molecule has 0 aromatic heterocycles. The molecule has 33 heteroatoms. The van der Waals surface area contributed by atoms with Gasteiger partial charge >= 0.3 is 130 Å². The Balaban J connectivity index is 0.00000486. The summed E-state index contributed by atoms with van der Waals surface area (Å²) in [4.78, 5) is 63.0. The maximum atomic E-state index is 13.8. The molecule has 4 bridgehead atoms. The van der Waals surface area contributed by atoms with E-state index in [4.69, 9.17) is 4.74 Å². The number of carboxylic acid groups (broad SMARTS) is 3. The van der Waals surface area contributed by atoms with Crippen LogP contribution >= 0.6 is 0 Å². The topological polar surface area (TPSA) is 417 Å². The summed E-state index contributed by atoms with van der Waals surface area (Å²) in [6.07, 6.45) is 17.2. The summed E-state index contributed by atoms with van der Waals surface area (Å²) in [5.41, 5.74) is 0.945. The molecular weight excluding hydrogens is 1470 g/mol. The predicted molar refractivity (Wildman–Crippen MR) is 361 cm³/mol.